The van der Waals surface area contributed by atoms with E-state index in [4.69, 9.17) is 0 Å². The van der Waals surface area contributed by atoms with Crippen molar-refractivity contribution >= 4 is 32.3 Å². The third-order valence-electron chi connectivity index (χ3n) is 10.2. The molecule has 0 heteroatoms. The highest BCUT2D eigenvalue weighted by Gasteiger charge is 2.27. The van der Waals surface area contributed by atoms with Crippen molar-refractivity contribution in [1.82, 2.24) is 0 Å². The van der Waals surface area contributed by atoms with Crippen LogP contribution in [0.4, 0.5) is 0 Å². The molecule has 7 aromatic rings. The molecule has 7 aromatic carbocycles. The van der Waals surface area contributed by atoms with Crippen molar-refractivity contribution in [3.05, 3.63) is 167 Å². The smallest absolute Gasteiger partial charge is 0.00684 e. The minimum Gasteiger partial charge on any atom is -0.0807 e. The maximum absolute atomic E-state index is 2.45. The van der Waals surface area contributed by atoms with E-state index in [0.717, 1.165) is 12.8 Å². The Bertz CT molecular complexity index is 2350. The van der Waals surface area contributed by atoms with E-state index >= 15 is 0 Å². The maximum Gasteiger partial charge on any atom is 0.00684 e. The molecule has 0 radical (unpaired) electrons. The fourth-order valence-electron chi connectivity index (χ4n) is 7.74. The summed E-state index contributed by atoms with van der Waals surface area (Å²) in [6, 6.07) is 46.0. The van der Waals surface area contributed by atoms with Gasteiger partial charge in [-0.05, 0) is 110 Å². The number of fused-ring (bicyclic) bond motifs is 3. The van der Waals surface area contributed by atoms with Gasteiger partial charge in [-0.25, -0.2) is 0 Å². The van der Waals surface area contributed by atoms with Gasteiger partial charge in [-0.15, -0.1) is 0 Å². The van der Waals surface area contributed by atoms with Crippen LogP contribution in [0.2, 0.25) is 0 Å². The summed E-state index contributed by atoms with van der Waals surface area (Å²) in [6.07, 6.45) is 9.20. The van der Waals surface area contributed by atoms with E-state index in [1.807, 2.05) is 0 Å². The molecule has 1 unspecified atom stereocenters. The molecule has 0 heterocycles. The number of hydrogen-bond acceptors (Lipinski definition) is 0. The monoisotopic (exact) mass is 604 g/mol. The minimum absolute atomic E-state index is 0.263. The molecule has 0 saturated carbocycles. The van der Waals surface area contributed by atoms with Gasteiger partial charge >= 0.3 is 0 Å². The summed E-state index contributed by atoms with van der Waals surface area (Å²) in [6.45, 7) is 8.81. The molecule has 0 spiro atoms. The van der Waals surface area contributed by atoms with Crippen molar-refractivity contribution in [3.63, 3.8) is 0 Å². The Morgan fingerprint density at radius 2 is 0.957 bits per heavy atom. The van der Waals surface area contributed by atoms with Gasteiger partial charge in [-0.2, -0.15) is 0 Å². The van der Waals surface area contributed by atoms with Gasteiger partial charge in [0.1, 0.15) is 0 Å². The normalized spacial score (nSPS) is 14.6. The molecule has 0 aliphatic heterocycles. The van der Waals surface area contributed by atoms with Gasteiger partial charge in [0.25, 0.3) is 0 Å². The van der Waals surface area contributed by atoms with Gasteiger partial charge in [-0.1, -0.05) is 163 Å². The lowest BCUT2D eigenvalue weighted by atomic mass is 9.75. The minimum atomic E-state index is 0.263. The largest absolute Gasteiger partial charge is 0.0807 e. The van der Waals surface area contributed by atoms with Gasteiger partial charge in [0.2, 0.25) is 0 Å². The van der Waals surface area contributed by atoms with Crippen molar-refractivity contribution in [2.24, 2.45) is 0 Å². The first-order valence-corrected chi connectivity index (χ1v) is 17.0. The molecule has 0 aromatic heterocycles. The zero-order chi connectivity index (χ0) is 32.1. The van der Waals surface area contributed by atoms with E-state index in [2.05, 4.69) is 167 Å². The molecule has 8 rings (SSSR count). The van der Waals surface area contributed by atoms with Crippen molar-refractivity contribution in [2.45, 2.75) is 46.5 Å². The Morgan fingerprint density at radius 3 is 1.43 bits per heavy atom. The molecule has 0 bridgehead atoms. The second kappa shape index (κ2) is 11.9. The fourth-order valence-corrected chi connectivity index (χ4v) is 7.74. The Balaban J connectivity index is 1.69. The highest BCUT2D eigenvalue weighted by Crippen LogP contribution is 2.53. The first kappa shape index (κ1) is 29.2. The lowest BCUT2D eigenvalue weighted by Crippen LogP contribution is -2.04. The summed E-state index contributed by atoms with van der Waals surface area (Å²) in [4.78, 5) is 0. The Labute approximate surface area is 278 Å². The van der Waals surface area contributed by atoms with Crippen LogP contribution >= 0.6 is 0 Å². The number of allylic oxidation sites excluding steroid dienone is 4. The summed E-state index contributed by atoms with van der Waals surface area (Å²) in [7, 11) is 0. The summed E-state index contributed by atoms with van der Waals surface area (Å²) < 4.78 is 0. The van der Waals surface area contributed by atoms with Gasteiger partial charge in [0.05, 0.1) is 0 Å². The molecular weight excluding hydrogens is 565 g/mol. The average molecular weight is 605 g/mol. The van der Waals surface area contributed by atoms with E-state index in [-0.39, 0.29) is 5.92 Å². The SMILES string of the molecule is CCc1ccc(-c2c3ccccc3c(-c3ccc(C)cc3)c3c(C4C=CC(C)=CC4)c4ccccc4c(-c4ccc(C)cc4)c23)cc1. The molecule has 47 heavy (non-hydrogen) atoms. The molecule has 228 valence electrons. The van der Waals surface area contributed by atoms with E-state index < -0.39 is 0 Å². The lowest BCUT2D eigenvalue weighted by molar-refractivity contribution is 0.860. The summed E-state index contributed by atoms with van der Waals surface area (Å²) in [5.74, 6) is 0.263. The molecule has 0 amide bonds. The molecule has 0 saturated heterocycles. The first-order chi connectivity index (χ1) is 23.0. The van der Waals surface area contributed by atoms with Crippen LogP contribution in [0.3, 0.4) is 0 Å². The second-order valence-electron chi connectivity index (χ2n) is 13.3. The average Bonchev–Trinajstić information content (AvgIpc) is 3.11. The quantitative estimate of drug-likeness (QED) is 0.171. The number of benzene rings is 7. The Morgan fingerprint density at radius 1 is 0.511 bits per heavy atom. The first-order valence-electron chi connectivity index (χ1n) is 17.0. The third kappa shape index (κ3) is 5.00. The molecule has 0 nitrogen and oxygen atoms in total. The molecule has 1 aliphatic rings. The number of hydrogen-bond donors (Lipinski definition) is 0. The van der Waals surface area contributed by atoms with Gasteiger partial charge in [0.15, 0.2) is 0 Å². The van der Waals surface area contributed by atoms with Crippen LogP contribution in [-0.4, -0.2) is 0 Å². The van der Waals surface area contributed by atoms with E-state index in [1.165, 1.54) is 93.5 Å². The van der Waals surface area contributed by atoms with Crippen LogP contribution in [0.1, 0.15) is 48.4 Å². The molecule has 0 fully saturated rings. The predicted molar refractivity (Wildman–Crippen MR) is 204 cm³/mol. The Kier molecular flexibility index (Phi) is 7.38. The lowest BCUT2D eigenvalue weighted by Gasteiger charge is -2.28. The van der Waals surface area contributed by atoms with Crippen LogP contribution in [0, 0.1) is 13.8 Å². The fraction of sp³-hybridized carbons (Fsp3) is 0.149. The van der Waals surface area contributed by atoms with Gasteiger partial charge < -0.3 is 0 Å². The topological polar surface area (TPSA) is 0 Å². The van der Waals surface area contributed by atoms with E-state index in [9.17, 15) is 0 Å². The Hall–Kier alpha value is -5.20. The predicted octanol–water partition coefficient (Wildman–Crippen LogP) is 13.3. The van der Waals surface area contributed by atoms with Crippen LogP contribution in [0.15, 0.2) is 145 Å². The standard InChI is InChI=1S/C47H40/c1-5-33-20-28-37(29-21-33)45-41-13-9-8-12-40(41)43(35-24-16-31(3)17-25-35)46-42(34-22-14-30(2)15-23-34)38-10-6-7-11-39(38)44(47(45)46)36-26-18-32(4)19-27-36/h6-22,24-29,34H,5,23H2,1-4H3. The molecule has 0 N–H and O–H groups in total. The molecule has 1 aliphatic carbocycles. The number of aryl methyl sites for hydroxylation is 3. The van der Waals surface area contributed by atoms with Crippen LogP contribution in [0.5, 0.6) is 0 Å². The van der Waals surface area contributed by atoms with Crippen molar-refractivity contribution in [3.8, 4) is 33.4 Å². The van der Waals surface area contributed by atoms with Crippen molar-refractivity contribution < 1.29 is 0 Å². The van der Waals surface area contributed by atoms with Gasteiger partial charge in [-0.3, -0.25) is 0 Å². The highest BCUT2D eigenvalue weighted by atomic mass is 14.3. The maximum atomic E-state index is 2.45. The van der Waals surface area contributed by atoms with Crippen molar-refractivity contribution in [1.29, 1.82) is 0 Å². The van der Waals surface area contributed by atoms with E-state index in [0.29, 0.717) is 0 Å². The van der Waals surface area contributed by atoms with Crippen LogP contribution in [0.25, 0.3) is 65.7 Å². The molecular formula is C47H40. The summed E-state index contributed by atoms with van der Waals surface area (Å²) in [5.41, 5.74) is 14.4. The van der Waals surface area contributed by atoms with Crippen LogP contribution < -0.4 is 0 Å². The zero-order valence-corrected chi connectivity index (χ0v) is 27.8. The highest BCUT2D eigenvalue weighted by molar-refractivity contribution is 6.30. The van der Waals surface area contributed by atoms with Crippen molar-refractivity contribution in [2.75, 3.05) is 0 Å². The summed E-state index contributed by atoms with van der Waals surface area (Å²) in [5, 5.41) is 7.98. The third-order valence-corrected chi connectivity index (χ3v) is 10.2. The van der Waals surface area contributed by atoms with Crippen LogP contribution in [-0.2, 0) is 6.42 Å². The number of rotatable bonds is 5. The second-order valence-corrected chi connectivity index (χ2v) is 13.3. The van der Waals surface area contributed by atoms with Gasteiger partial charge in [0, 0.05) is 5.92 Å². The van der Waals surface area contributed by atoms with E-state index in [1.54, 1.807) is 0 Å². The zero-order valence-electron chi connectivity index (χ0n) is 27.8. The summed E-state index contributed by atoms with van der Waals surface area (Å²) >= 11 is 0. The molecule has 1 atom stereocenters.